The SMILES string of the molecule is Cc1ccc(Cc2nc3c(Cc4cc(F)ccc4F)nc(-c4ccccc4)cn3c2CC(=O)O)o1. The molecule has 0 saturated heterocycles. The van der Waals surface area contributed by atoms with Crippen molar-refractivity contribution >= 4 is 11.6 Å². The Labute approximate surface area is 199 Å². The summed E-state index contributed by atoms with van der Waals surface area (Å²) < 4.78 is 35.8. The van der Waals surface area contributed by atoms with E-state index in [2.05, 4.69) is 0 Å². The quantitative estimate of drug-likeness (QED) is 0.343. The number of fused-ring (bicyclic) bond motifs is 1. The van der Waals surface area contributed by atoms with Crippen LogP contribution in [0.3, 0.4) is 0 Å². The van der Waals surface area contributed by atoms with Crippen molar-refractivity contribution in [2.24, 2.45) is 0 Å². The lowest BCUT2D eigenvalue weighted by molar-refractivity contribution is -0.136. The number of carbonyl (C=O) groups is 1. The van der Waals surface area contributed by atoms with Crippen LogP contribution in [0.5, 0.6) is 0 Å². The highest BCUT2D eigenvalue weighted by Gasteiger charge is 2.21. The van der Waals surface area contributed by atoms with Gasteiger partial charge in [-0.25, -0.2) is 18.7 Å². The van der Waals surface area contributed by atoms with Crippen LogP contribution in [0.15, 0.2) is 71.3 Å². The number of aryl methyl sites for hydroxylation is 1. The van der Waals surface area contributed by atoms with Crippen molar-refractivity contribution < 1.29 is 23.1 Å². The Morgan fingerprint density at radius 3 is 2.51 bits per heavy atom. The normalized spacial score (nSPS) is 11.3. The van der Waals surface area contributed by atoms with Crippen LogP contribution < -0.4 is 0 Å². The lowest BCUT2D eigenvalue weighted by Gasteiger charge is -2.10. The van der Waals surface area contributed by atoms with Crippen molar-refractivity contribution in [1.29, 1.82) is 0 Å². The first kappa shape index (κ1) is 22.5. The molecule has 3 heterocycles. The van der Waals surface area contributed by atoms with Gasteiger partial charge in [0, 0.05) is 18.2 Å². The summed E-state index contributed by atoms with van der Waals surface area (Å²) in [5.41, 5.74) is 3.29. The van der Waals surface area contributed by atoms with Gasteiger partial charge in [-0.15, -0.1) is 0 Å². The fourth-order valence-electron chi connectivity index (χ4n) is 4.15. The van der Waals surface area contributed by atoms with Gasteiger partial charge in [-0.1, -0.05) is 30.3 Å². The lowest BCUT2D eigenvalue weighted by atomic mass is 10.1. The zero-order valence-electron chi connectivity index (χ0n) is 18.8. The molecule has 176 valence electrons. The topological polar surface area (TPSA) is 80.6 Å². The molecule has 1 N–H and O–H groups in total. The smallest absolute Gasteiger partial charge is 0.309 e. The molecular weight excluding hydrogens is 452 g/mol. The van der Waals surface area contributed by atoms with Gasteiger partial charge in [0.2, 0.25) is 0 Å². The van der Waals surface area contributed by atoms with Gasteiger partial charge in [-0.3, -0.25) is 9.20 Å². The number of hydrogen-bond donors (Lipinski definition) is 1. The maximum absolute atomic E-state index is 14.5. The number of nitrogens with zero attached hydrogens (tertiary/aromatic N) is 3. The molecule has 35 heavy (non-hydrogen) atoms. The van der Waals surface area contributed by atoms with Gasteiger partial charge < -0.3 is 9.52 Å². The second-order valence-corrected chi connectivity index (χ2v) is 8.31. The summed E-state index contributed by atoms with van der Waals surface area (Å²) in [7, 11) is 0. The minimum absolute atomic E-state index is 0.0173. The molecule has 5 aromatic rings. The summed E-state index contributed by atoms with van der Waals surface area (Å²) in [4.78, 5) is 21.2. The Morgan fingerprint density at radius 1 is 1.00 bits per heavy atom. The van der Waals surface area contributed by atoms with E-state index in [1.54, 1.807) is 10.6 Å². The van der Waals surface area contributed by atoms with Crippen molar-refractivity contribution in [3.63, 3.8) is 0 Å². The Kier molecular flexibility index (Phi) is 5.86. The molecule has 8 heteroatoms. The van der Waals surface area contributed by atoms with Crippen molar-refractivity contribution in [3.05, 3.63) is 113 Å². The van der Waals surface area contributed by atoms with E-state index in [0.717, 1.165) is 29.5 Å². The maximum Gasteiger partial charge on any atom is 0.309 e. The molecule has 0 unspecified atom stereocenters. The monoisotopic (exact) mass is 473 g/mol. The van der Waals surface area contributed by atoms with Crippen LogP contribution in [0.4, 0.5) is 8.78 Å². The number of imidazole rings is 1. The number of carboxylic acid groups (broad SMARTS) is 1. The molecule has 3 aromatic heterocycles. The largest absolute Gasteiger partial charge is 0.481 e. The molecule has 0 fully saturated rings. The molecule has 2 aromatic carbocycles. The highest BCUT2D eigenvalue weighted by Crippen LogP contribution is 2.26. The van der Waals surface area contributed by atoms with Crippen LogP contribution in [-0.2, 0) is 24.1 Å². The van der Waals surface area contributed by atoms with Crippen LogP contribution in [-0.4, -0.2) is 25.4 Å². The number of aliphatic carboxylic acids is 1. The molecule has 0 amide bonds. The van der Waals surface area contributed by atoms with Crippen LogP contribution in [0.25, 0.3) is 16.9 Å². The van der Waals surface area contributed by atoms with Crippen LogP contribution >= 0.6 is 0 Å². The van der Waals surface area contributed by atoms with Gasteiger partial charge in [-0.05, 0) is 42.8 Å². The highest BCUT2D eigenvalue weighted by atomic mass is 19.1. The minimum Gasteiger partial charge on any atom is -0.481 e. The van der Waals surface area contributed by atoms with Gasteiger partial charge in [0.15, 0.2) is 5.65 Å². The van der Waals surface area contributed by atoms with E-state index in [1.165, 1.54) is 0 Å². The van der Waals surface area contributed by atoms with Gasteiger partial charge >= 0.3 is 5.97 Å². The molecule has 0 bridgehead atoms. The van der Waals surface area contributed by atoms with E-state index >= 15 is 0 Å². The Morgan fingerprint density at radius 2 is 1.80 bits per heavy atom. The van der Waals surface area contributed by atoms with Crippen molar-refractivity contribution in [1.82, 2.24) is 14.4 Å². The molecule has 0 saturated carbocycles. The summed E-state index contributed by atoms with van der Waals surface area (Å²) in [6.45, 7) is 1.83. The molecule has 5 rings (SSSR count). The lowest BCUT2D eigenvalue weighted by Crippen LogP contribution is -2.08. The van der Waals surface area contributed by atoms with E-state index < -0.39 is 17.6 Å². The Balaban J connectivity index is 1.72. The fraction of sp³-hybridized carbons (Fsp3) is 0.148. The number of rotatable bonds is 7. The summed E-state index contributed by atoms with van der Waals surface area (Å²) in [5, 5.41) is 9.63. The van der Waals surface area contributed by atoms with Gasteiger partial charge in [0.25, 0.3) is 0 Å². The number of furan rings is 1. The van der Waals surface area contributed by atoms with Crippen molar-refractivity contribution in [3.8, 4) is 11.3 Å². The average Bonchev–Trinajstić information content (AvgIpc) is 3.40. The van der Waals surface area contributed by atoms with Crippen LogP contribution in [0, 0.1) is 18.6 Å². The van der Waals surface area contributed by atoms with Crippen LogP contribution in [0.1, 0.15) is 34.2 Å². The third kappa shape index (κ3) is 4.68. The first-order valence-electron chi connectivity index (χ1n) is 11.0. The van der Waals surface area contributed by atoms with Gasteiger partial charge in [0.05, 0.1) is 35.6 Å². The summed E-state index contributed by atoms with van der Waals surface area (Å²) in [6.07, 6.45) is 1.73. The number of hydrogen-bond acceptors (Lipinski definition) is 4. The summed E-state index contributed by atoms with van der Waals surface area (Å²) in [5.74, 6) is -0.745. The van der Waals surface area contributed by atoms with Gasteiger partial charge in [-0.2, -0.15) is 0 Å². The number of benzene rings is 2. The maximum atomic E-state index is 14.5. The molecular formula is C27H21F2N3O3. The molecule has 0 atom stereocenters. The number of carboxylic acids is 1. The van der Waals surface area contributed by atoms with E-state index in [0.29, 0.717) is 34.2 Å². The number of halogens is 2. The molecule has 0 radical (unpaired) electrons. The zero-order chi connectivity index (χ0) is 24.5. The number of aromatic nitrogens is 3. The third-order valence-electron chi connectivity index (χ3n) is 5.75. The second kappa shape index (κ2) is 9.13. The first-order valence-corrected chi connectivity index (χ1v) is 11.0. The summed E-state index contributed by atoms with van der Waals surface area (Å²) >= 11 is 0. The average molecular weight is 473 g/mol. The Hall–Kier alpha value is -4.33. The fourth-order valence-corrected chi connectivity index (χ4v) is 4.15. The van der Waals surface area contributed by atoms with E-state index in [-0.39, 0.29) is 24.8 Å². The minimum atomic E-state index is -1.01. The molecule has 0 aliphatic rings. The predicted molar refractivity (Wildman–Crippen MR) is 125 cm³/mol. The first-order chi connectivity index (χ1) is 16.9. The standard InChI is InChI=1S/C27H21F2N3O3/c1-16-7-9-20(35-16)13-22-25(14-26(33)34)32-15-24(17-5-3-2-4-6-17)30-23(27(32)31-22)12-18-11-19(28)8-10-21(18)29/h2-11,15H,12-14H2,1H3,(H,33,34). The molecule has 0 spiro atoms. The van der Waals surface area contributed by atoms with Crippen LogP contribution in [0.2, 0.25) is 0 Å². The molecule has 0 aliphatic carbocycles. The molecule has 6 nitrogen and oxygen atoms in total. The van der Waals surface area contributed by atoms with Crippen molar-refractivity contribution in [2.45, 2.75) is 26.2 Å². The van der Waals surface area contributed by atoms with E-state index in [1.807, 2.05) is 49.4 Å². The summed E-state index contributed by atoms with van der Waals surface area (Å²) in [6, 6.07) is 16.3. The van der Waals surface area contributed by atoms with E-state index in [9.17, 15) is 18.7 Å². The van der Waals surface area contributed by atoms with Crippen molar-refractivity contribution in [2.75, 3.05) is 0 Å². The zero-order valence-corrected chi connectivity index (χ0v) is 18.8. The third-order valence-corrected chi connectivity index (χ3v) is 5.75. The van der Waals surface area contributed by atoms with Gasteiger partial charge in [0.1, 0.15) is 23.2 Å². The molecule has 0 aliphatic heterocycles. The predicted octanol–water partition coefficient (Wildman–Crippen LogP) is 5.38. The highest BCUT2D eigenvalue weighted by molar-refractivity contribution is 5.71. The second-order valence-electron chi connectivity index (χ2n) is 8.31. The Bertz CT molecular complexity index is 1540. The van der Waals surface area contributed by atoms with E-state index in [4.69, 9.17) is 14.4 Å².